The summed E-state index contributed by atoms with van der Waals surface area (Å²) in [5.41, 5.74) is 0.438. The summed E-state index contributed by atoms with van der Waals surface area (Å²) in [7, 11) is 0. The summed E-state index contributed by atoms with van der Waals surface area (Å²) < 4.78 is 14.2. The van der Waals surface area contributed by atoms with Crippen molar-refractivity contribution in [3.05, 3.63) is 56.2 Å². The van der Waals surface area contributed by atoms with Gasteiger partial charge in [-0.25, -0.2) is 14.0 Å². The Morgan fingerprint density at radius 3 is 1.91 bits per heavy atom. The first-order valence-electron chi connectivity index (χ1n) is 5.53. The molecule has 2 aromatic carbocycles. The van der Waals surface area contributed by atoms with Crippen LogP contribution in [0.25, 0.3) is 0 Å². The Morgan fingerprint density at radius 1 is 0.909 bits per heavy atom. The number of carbonyl (C=O) groups excluding carboxylic acids is 2. The minimum Gasteiger partial charge on any atom is -0.211 e. The molecule has 0 N–H and O–H groups in total. The summed E-state index contributed by atoms with van der Waals surface area (Å²) in [6.45, 7) is 0. The third-order valence-electron chi connectivity index (χ3n) is 2.15. The number of nitrogens with zero attached hydrogens (tertiary/aromatic N) is 2. The van der Waals surface area contributed by atoms with E-state index >= 15 is 0 Å². The summed E-state index contributed by atoms with van der Waals surface area (Å²) in [6.07, 6.45) is 2.68. The molecule has 0 amide bonds. The number of hydrogen-bond acceptors (Lipinski definition) is 4. The largest absolute Gasteiger partial charge is 0.240 e. The second-order valence-corrected chi connectivity index (χ2v) is 5.84. The SMILES string of the molecule is O=C=Nc1ccc(Br)cc1Cl.O=C=Nc1ccc(Br)cc1F. The smallest absolute Gasteiger partial charge is 0.211 e. The van der Waals surface area contributed by atoms with Crippen molar-refractivity contribution in [3.63, 3.8) is 0 Å². The summed E-state index contributed by atoms with van der Waals surface area (Å²) in [5.74, 6) is -0.539. The van der Waals surface area contributed by atoms with Gasteiger partial charge in [0.2, 0.25) is 12.2 Å². The second kappa shape index (κ2) is 9.41. The van der Waals surface area contributed by atoms with Crippen LogP contribution in [-0.2, 0) is 9.59 Å². The Bertz CT molecular complexity index is 708. The lowest BCUT2D eigenvalue weighted by atomic mass is 10.3. The first-order chi connectivity index (χ1) is 10.5. The molecule has 0 aliphatic rings. The van der Waals surface area contributed by atoms with Gasteiger partial charge >= 0.3 is 0 Å². The van der Waals surface area contributed by atoms with Gasteiger partial charge in [-0.15, -0.1) is 0 Å². The van der Waals surface area contributed by atoms with E-state index in [2.05, 4.69) is 41.8 Å². The topological polar surface area (TPSA) is 58.9 Å². The number of benzene rings is 2. The van der Waals surface area contributed by atoms with E-state index in [0.717, 1.165) is 4.47 Å². The maximum atomic E-state index is 12.7. The Kier molecular flexibility index (Phi) is 7.88. The van der Waals surface area contributed by atoms with E-state index in [1.54, 1.807) is 24.3 Å². The number of rotatable bonds is 2. The Balaban J connectivity index is 0.000000220. The highest BCUT2D eigenvalue weighted by Crippen LogP contribution is 2.27. The van der Waals surface area contributed by atoms with Crippen LogP contribution in [0.4, 0.5) is 15.8 Å². The minimum absolute atomic E-state index is 0.00296. The van der Waals surface area contributed by atoms with Crippen LogP contribution in [0.15, 0.2) is 55.3 Å². The molecule has 8 heteroatoms. The average molecular weight is 448 g/mol. The van der Waals surface area contributed by atoms with Crippen LogP contribution in [0.3, 0.4) is 0 Å². The fourth-order valence-corrected chi connectivity index (χ4v) is 2.29. The minimum atomic E-state index is -0.539. The summed E-state index contributed by atoms with van der Waals surface area (Å²) >= 11 is 12.0. The van der Waals surface area contributed by atoms with Gasteiger partial charge in [-0.05, 0) is 36.4 Å². The van der Waals surface area contributed by atoms with Gasteiger partial charge in [-0.3, -0.25) is 0 Å². The molecular weight excluding hydrogens is 442 g/mol. The van der Waals surface area contributed by atoms with Gasteiger partial charge in [0.05, 0.1) is 10.7 Å². The molecule has 112 valence electrons. The summed E-state index contributed by atoms with van der Waals surface area (Å²) in [5, 5.41) is 0.433. The first kappa shape index (κ1) is 18.4. The van der Waals surface area contributed by atoms with Crippen LogP contribution in [-0.4, -0.2) is 12.2 Å². The van der Waals surface area contributed by atoms with Crippen LogP contribution >= 0.6 is 43.5 Å². The van der Waals surface area contributed by atoms with Crippen LogP contribution in [0.1, 0.15) is 0 Å². The molecule has 0 aliphatic carbocycles. The normalized spacial score (nSPS) is 8.91. The molecule has 0 fully saturated rings. The zero-order valence-electron chi connectivity index (χ0n) is 10.7. The van der Waals surface area contributed by atoms with Gasteiger partial charge < -0.3 is 0 Å². The van der Waals surface area contributed by atoms with Crippen molar-refractivity contribution >= 4 is 67.0 Å². The first-order valence-corrected chi connectivity index (χ1v) is 7.50. The van der Waals surface area contributed by atoms with Crippen molar-refractivity contribution in [2.45, 2.75) is 0 Å². The van der Waals surface area contributed by atoms with E-state index < -0.39 is 5.82 Å². The molecule has 0 saturated heterocycles. The Morgan fingerprint density at radius 2 is 1.41 bits per heavy atom. The van der Waals surface area contributed by atoms with Gasteiger partial charge in [0.1, 0.15) is 5.69 Å². The van der Waals surface area contributed by atoms with Crippen molar-refractivity contribution in [1.82, 2.24) is 0 Å². The standard InChI is InChI=1S/C7H3BrClNO.C7H3BrFNO/c2*8-5-1-2-7(10-4-11)6(9)3-5/h2*1-3H. The van der Waals surface area contributed by atoms with Gasteiger partial charge in [0, 0.05) is 8.95 Å². The molecule has 0 heterocycles. The van der Waals surface area contributed by atoms with Gasteiger partial charge in [0.15, 0.2) is 5.82 Å². The molecule has 0 bridgehead atoms. The van der Waals surface area contributed by atoms with Crippen molar-refractivity contribution < 1.29 is 14.0 Å². The summed E-state index contributed by atoms with van der Waals surface area (Å²) in [4.78, 5) is 26.1. The van der Waals surface area contributed by atoms with Gasteiger partial charge in [-0.1, -0.05) is 43.5 Å². The lowest BCUT2D eigenvalue weighted by Gasteiger charge is -1.94. The third-order valence-corrected chi connectivity index (χ3v) is 3.44. The van der Waals surface area contributed by atoms with Crippen LogP contribution in [0.2, 0.25) is 5.02 Å². The van der Waals surface area contributed by atoms with Crippen molar-refractivity contribution in [2.75, 3.05) is 0 Å². The maximum Gasteiger partial charge on any atom is 0.240 e. The molecule has 2 aromatic rings. The number of hydrogen-bond donors (Lipinski definition) is 0. The van der Waals surface area contributed by atoms with E-state index in [0.29, 0.717) is 15.2 Å². The Hall–Kier alpha value is -1.62. The molecular formula is C14H6Br2ClFN2O2. The van der Waals surface area contributed by atoms with Crippen LogP contribution < -0.4 is 0 Å². The predicted octanol–water partition coefficient (Wildman–Crippen LogP) is 5.63. The highest BCUT2D eigenvalue weighted by atomic mass is 79.9. The lowest BCUT2D eigenvalue weighted by molar-refractivity contribution is 0.564. The zero-order chi connectivity index (χ0) is 16.5. The number of isocyanates is 2. The second-order valence-electron chi connectivity index (χ2n) is 3.60. The zero-order valence-corrected chi connectivity index (χ0v) is 14.6. The average Bonchev–Trinajstić information content (AvgIpc) is 2.46. The molecule has 0 spiro atoms. The Labute approximate surface area is 147 Å². The monoisotopic (exact) mass is 446 g/mol. The quantitative estimate of drug-likeness (QED) is 0.442. The molecule has 0 aliphatic heterocycles. The molecule has 2 rings (SSSR count). The van der Waals surface area contributed by atoms with E-state index in [1.807, 2.05) is 0 Å². The lowest BCUT2D eigenvalue weighted by Crippen LogP contribution is -1.74. The van der Waals surface area contributed by atoms with Crippen molar-refractivity contribution in [1.29, 1.82) is 0 Å². The van der Waals surface area contributed by atoms with Crippen molar-refractivity contribution in [3.8, 4) is 0 Å². The van der Waals surface area contributed by atoms with Crippen LogP contribution in [0, 0.1) is 5.82 Å². The molecule has 0 atom stereocenters. The van der Waals surface area contributed by atoms with E-state index in [9.17, 15) is 14.0 Å². The fourth-order valence-electron chi connectivity index (χ4n) is 1.24. The molecule has 0 aromatic heterocycles. The van der Waals surface area contributed by atoms with Crippen molar-refractivity contribution in [2.24, 2.45) is 9.98 Å². The molecule has 22 heavy (non-hydrogen) atoms. The highest BCUT2D eigenvalue weighted by Gasteiger charge is 1.99. The van der Waals surface area contributed by atoms with E-state index in [1.165, 1.54) is 24.3 Å². The molecule has 0 unspecified atom stereocenters. The van der Waals surface area contributed by atoms with Gasteiger partial charge in [0.25, 0.3) is 0 Å². The third kappa shape index (κ3) is 6.02. The molecule has 0 radical (unpaired) electrons. The number of halogens is 4. The van der Waals surface area contributed by atoms with Crippen LogP contribution in [0.5, 0.6) is 0 Å². The van der Waals surface area contributed by atoms with E-state index in [4.69, 9.17) is 11.6 Å². The highest BCUT2D eigenvalue weighted by molar-refractivity contribution is 9.10. The number of aliphatic imine (C=N–C) groups is 2. The predicted molar refractivity (Wildman–Crippen MR) is 88.8 cm³/mol. The maximum absolute atomic E-state index is 12.7. The van der Waals surface area contributed by atoms with E-state index in [-0.39, 0.29) is 5.69 Å². The molecule has 0 saturated carbocycles. The molecule has 4 nitrogen and oxygen atoms in total. The summed E-state index contributed by atoms with van der Waals surface area (Å²) in [6, 6.07) is 9.27. The fraction of sp³-hybridized carbons (Fsp3) is 0. The van der Waals surface area contributed by atoms with Gasteiger partial charge in [-0.2, -0.15) is 9.98 Å².